The maximum atomic E-state index is 3.95. The summed E-state index contributed by atoms with van der Waals surface area (Å²) in [5, 5.41) is 3.95. The predicted octanol–water partition coefficient (Wildman–Crippen LogP) is 8.31. The van der Waals surface area contributed by atoms with E-state index in [0.717, 1.165) is 6.42 Å². The standard InChI is InChI=1S/C33H33N/c1-31(2)19-20-32(3,4)34-30-22-28-26(21-29(30)31)25-17-11-12-18-27(25)33(28,23-13-7-5-8-14-23)24-15-9-6-10-16-24/h5-18,21-22,34H,19-20H2,1-4H3. The Hall–Kier alpha value is -3.32. The van der Waals surface area contributed by atoms with Gasteiger partial charge in [0.1, 0.15) is 0 Å². The third-order valence-electron chi connectivity index (χ3n) is 8.17. The number of anilines is 1. The lowest BCUT2D eigenvalue weighted by Crippen LogP contribution is -2.31. The molecule has 2 aliphatic rings. The lowest BCUT2D eigenvalue weighted by atomic mass is 9.67. The third kappa shape index (κ3) is 2.99. The van der Waals surface area contributed by atoms with Gasteiger partial charge >= 0.3 is 0 Å². The third-order valence-corrected chi connectivity index (χ3v) is 8.17. The molecule has 1 aliphatic carbocycles. The topological polar surface area (TPSA) is 12.0 Å². The fraction of sp³-hybridized carbons (Fsp3) is 0.273. The molecule has 6 rings (SSSR count). The number of hydrogen-bond acceptors (Lipinski definition) is 1. The molecule has 0 aromatic heterocycles. The van der Waals surface area contributed by atoms with Gasteiger partial charge in [-0.3, -0.25) is 0 Å². The normalized spacial score (nSPS) is 18.7. The highest BCUT2D eigenvalue weighted by atomic mass is 15.0. The van der Waals surface area contributed by atoms with Crippen LogP contribution in [0.15, 0.2) is 97.1 Å². The van der Waals surface area contributed by atoms with E-state index in [4.69, 9.17) is 0 Å². The highest BCUT2D eigenvalue weighted by Gasteiger charge is 2.47. The van der Waals surface area contributed by atoms with Crippen LogP contribution in [0.1, 0.15) is 68.4 Å². The van der Waals surface area contributed by atoms with Crippen LogP contribution < -0.4 is 5.32 Å². The van der Waals surface area contributed by atoms with Gasteiger partial charge in [-0.15, -0.1) is 0 Å². The van der Waals surface area contributed by atoms with Crippen LogP contribution in [0.3, 0.4) is 0 Å². The Kier molecular flexibility index (Phi) is 4.58. The summed E-state index contributed by atoms with van der Waals surface area (Å²) in [7, 11) is 0. The zero-order chi connectivity index (χ0) is 23.6. The van der Waals surface area contributed by atoms with E-state index in [1.165, 1.54) is 51.1 Å². The first-order valence-electron chi connectivity index (χ1n) is 12.5. The molecule has 0 radical (unpaired) electrons. The van der Waals surface area contributed by atoms with Crippen LogP contribution in [0.25, 0.3) is 11.1 Å². The molecule has 0 fully saturated rings. The summed E-state index contributed by atoms with van der Waals surface area (Å²) in [5.41, 5.74) is 10.7. The molecule has 34 heavy (non-hydrogen) atoms. The summed E-state index contributed by atoms with van der Waals surface area (Å²) in [6, 6.07) is 36.2. The van der Waals surface area contributed by atoms with Gasteiger partial charge in [-0.2, -0.15) is 0 Å². The maximum absolute atomic E-state index is 3.95. The second kappa shape index (κ2) is 7.34. The molecule has 170 valence electrons. The minimum atomic E-state index is -0.342. The monoisotopic (exact) mass is 443 g/mol. The van der Waals surface area contributed by atoms with Crippen LogP contribution in [-0.2, 0) is 10.8 Å². The molecule has 0 atom stereocenters. The van der Waals surface area contributed by atoms with Gasteiger partial charge in [0.15, 0.2) is 0 Å². The highest BCUT2D eigenvalue weighted by Crippen LogP contribution is 2.58. The van der Waals surface area contributed by atoms with Crippen molar-refractivity contribution in [3.8, 4) is 11.1 Å². The number of nitrogens with one attached hydrogen (secondary N) is 1. The zero-order valence-corrected chi connectivity index (χ0v) is 20.7. The first-order valence-corrected chi connectivity index (χ1v) is 12.5. The van der Waals surface area contributed by atoms with Crippen molar-refractivity contribution in [2.75, 3.05) is 5.32 Å². The molecule has 4 aromatic rings. The second-order valence-corrected chi connectivity index (χ2v) is 11.4. The summed E-state index contributed by atoms with van der Waals surface area (Å²) in [5.74, 6) is 0. The van der Waals surface area contributed by atoms with Gasteiger partial charge in [0.25, 0.3) is 0 Å². The molecular weight excluding hydrogens is 410 g/mol. The summed E-state index contributed by atoms with van der Waals surface area (Å²) < 4.78 is 0. The van der Waals surface area contributed by atoms with Crippen molar-refractivity contribution < 1.29 is 0 Å². The van der Waals surface area contributed by atoms with Crippen LogP contribution in [0.5, 0.6) is 0 Å². The molecule has 1 aliphatic heterocycles. The average Bonchev–Trinajstić information content (AvgIpc) is 3.09. The number of benzene rings is 4. The number of hydrogen-bond donors (Lipinski definition) is 1. The van der Waals surface area contributed by atoms with E-state index < -0.39 is 0 Å². The van der Waals surface area contributed by atoms with E-state index in [0.29, 0.717) is 0 Å². The van der Waals surface area contributed by atoms with E-state index in [2.05, 4.69) is 130 Å². The maximum Gasteiger partial charge on any atom is 0.0714 e. The fourth-order valence-corrected chi connectivity index (χ4v) is 6.34. The molecular formula is C33H33N. The molecule has 1 nitrogen and oxygen atoms in total. The lowest BCUT2D eigenvalue weighted by molar-refractivity contribution is 0.411. The minimum absolute atomic E-state index is 0.0599. The fourth-order valence-electron chi connectivity index (χ4n) is 6.34. The largest absolute Gasteiger partial charge is 0.380 e. The van der Waals surface area contributed by atoms with E-state index in [9.17, 15) is 0 Å². The molecule has 0 saturated heterocycles. The molecule has 0 amide bonds. The van der Waals surface area contributed by atoms with Gasteiger partial charge < -0.3 is 5.32 Å². The smallest absolute Gasteiger partial charge is 0.0714 e. The van der Waals surface area contributed by atoms with Gasteiger partial charge in [-0.1, -0.05) is 98.8 Å². The van der Waals surface area contributed by atoms with Gasteiger partial charge in [0.2, 0.25) is 0 Å². The van der Waals surface area contributed by atoms with Crippen LogP contribution in [0.2, 0.25) is 0 Å². The Balaban J connectivity index is 1.75. The van der Waals surface area contributed by atoms with E-state index in [-0.39, 0.29) is 16.4 Å². The summed E-state index contributed by atoms with van der Waals surface area (Å²) in [4.78, 5) is 0. The van der Waals surface area contributed by atoms with Crippen molar-refractivity contribution in [1.29, 1.82) is 0 Å². The summed E-state index contributed by atoms with van der Waals surface area (Å²) in [6.45, 7) is 9.48. The van der Waals surface area contributed by atoms with Crippen LogP contribution in [0, 0.1) is 0 Å². The molecule has 0 saturated carbocycles. The molecule has 0 spiro atoms. The summed E-state index contributed by atoms with van der Waals surface area (Å²) >= 11 is 0. The van der Waals surface area contributed by atoms with Gasteiger partial charge in [-0.25, -0.2) is 0 Å². The molecule has 1 heterocycles. The van der Waals surface area contributed by atoms with Crippen LogP contribution >= 0.6 is 0 Å². The number of rotatable bonds is 2. The van der Waals surface area contributed by atoms with Crippen LogP contribution in [0.4, 0.5) is 5.69 Å². The van der Waals surface area contributed by atoms with Crippen LogP contribution in [-0.4, -0.2) is 5.54 Å². The van der Waals surface area contributed by atoms with Crippen molar-refractivity contribution in [1.82, 2.24) is 0 Å². The van der Waals surface area contributed by atoms with Crippen molar-refractivity contribution in [3.05, 3.63) is 125 Å². The van der Waals surface area contributed by atoms with E-state index in [1.807, 2.05) is 0 Å². The first-order chi connectivity index (χ1) is 16.3. The van der Waals surface area contributed by atoms with E-state index >= 15 is 0 Å². The van der Waals surface area contributed by atoms with Crippen molar-refractivity contribution in [3.63, 3.8) is 0 Å². The van der Waals surface area contributed by atoms with E-state index in [1.54, 1.807) is 0 Å². The quantitative estimate of drug-likeness (QED) is 0.289. The Morgan fingerprint density at radius 3 is 1.79 bits per heavy atom. The average molecular weight is 444 g/mol. The Labute approximate surface area is 203 Å². The van der Waals surface area contributed by atoms with Crippen molar-refractivity contribution >= 4 is 5.69 Å². The van der Waals surface area contributed by atoms with Crippen molar-refractivity contribution in [2.45, 2.75) is 56.9 Å². The van der Waals surface area contributed by atoms with Gasteiger partial charge in [0.05, 0.1) is 5.41 Å². The van der Waals surface area contributed by atoms with Gasteiger partial charge in [-0.05, 0) is 83.2 Å². The molecule has 0 unspecified atom stereocenters. The minimum Gasteiger partial charge on any atom is -0.380 e. The zero-order valence-electron chi connectivity index (χ0n) is 20.7. The highest BCUT2D eigenvalue weighted by molar-refractivity contribution is 5.88. The van der Waals surface area contributed by atoms with Gasteiger partial charge in [0, 0.05) is 11.2 Å². The molecule has 4 aromatic carbocycles. The first kappa shape index (κ1) is 21.2. The molecule has 0 bridgehead atoms. The second-order valence-electron chi connectivity index (χ2n) is 11.4. The Morgan fingerprint density at radius 2 is 1.15 bits per heavy atom. The Morgan fingerprint density at radius 1 is 0.559 bits per heavy atom. The lowest BCUT2D eigenvalue weighted by Gasteiger charge is -2.35. The van der Waals surface area contributed by atoms with Crippen molar-refractivity contribution in [2.24, 2.45) is 0 Å². The molecule has 1 N–H and O–H groups in total. The SMILES string of the molecule is CC1(C)CCC(C)(C)c2cc3c(cc2N1)C(c1ccccc1)(c1ccccc1)c1ccccc1-3. The number of fused-ring (bicyclic) bond motifs is 4. The molecule has 1 heteroatoms. The summed E-state index contributed by atoms with van der Waals surface area (Å²) in [6.07, 6.45) is 2.32. The predicted molar refractivity (Wildman–Crippen MR) is 144 cm³/mol. The Bertz CT molecular complexity index is 1320.